The number of halogens is 1. The predicted molar refractivity (Wildman–Crippen MR) is 87.0 cm³/mol. The number of benzene rings is 1. The zero-order valence-corrected chi connectivity index (χ0v) is 13.8. The van der Waals surface area contributed by atoms with Gasteiger partial charge in [-0.15, -0.1) is 11.8 Å². The molecule has 0 aliphatic carbocycles. The summed E-state index contributed by atoms with van der Waals surface area (Å²) in [6.45, 7) is 3.76. The molecule has 0 radical (unpaired) electrons. The molecule has 0 aliphatic rings. The molecular weight excluding hydrogens is 338 g/mol. The van der Waals surface area contributed by atoms with Gasteiger partial charge >= 0.3 is 0 Å². The van der Waals surface area contributed by atoms with Crippen LogP contribution >= 0.6 is 27.7 Å². The Morgan fingerprint density at radius 3 is 2.65 bits per heavy atom. The summed E-state index contributed by atoms with van der Waals surface area (Å²) in [7, 11) is 0. The van der Waals surface area contributed by atoms with Crippen molar-refractivity contribution in [2.45, 2.75) is 19.6 Å². The standard InChI is InChI=1S/C14H16BrN3OS/c1-9-14(10(2)18-17-9)16-13(19)8-20-7-11-3-5-12(15)6-4-11/h3-6H,7-8H2,1-2H3,(H,16,19)(H,17,18). The highest BCUT2D eigenvalue weighted by atomic mass is 79.9. The molecule has 0 bridgehead atoms. The Hall–Kier alpha value is -1.27. The highest BCUT2D eigenvalue weighted by Gasteiger charge is 2.10. The van der Waals surface area contributed by atoms with Crippen LogP contribution in [0.5, 0.6) is 0 Å². The molecule has 1 amide bonds. The van der Waals surface area contributed by atoms with E-state index in [0.717, 1.165) is 27.3 Å². The summed E-state index contributed by atoms with van der Waals surface area (Å²) in [6, 6.07) is 8.13. The first-order valence-electron chi connectivity index (χ1n) is 6.20. The van der Waals surface area contributed by atoms with Gasteiger partial charge in [0.05, 0.1) is 22.8 Å². The zero-order chi connectivity index (χ0) is 14.5. The first kappa shape index (κ1) is 15.1. The molecule has 4 nitrogen and oxygen atoms in total. The van der Waals surface area contributed by atoms with Crippen LogP contribution in [0.2, 0.25) is 0 Å². The lowest BCUT2D eigenvalue weighted by molar-refractivity contribution is -0.113. The number of rotatable bonds is 5. The van der Waals surface area contributed by atoms with Crippen LogP contribution in [0.15, 0.2) is 28.7 Å². The maximum atomic E-state index is 11.9. The van der Waals surface area contributed by atoms with Crippen LogP contribution in [0.1, 0.15) is 17.0 Å². The second-order valence-corrected chi connectivity index (χ2v) is 6.38. The van der Waals surface area contributed by atoms with Crippen molar-refractivity contribution in [2.24, 2.45) is 0 Å². The maximum absolute atomic E-state index is 11.9. The molecule has 6 heteroatoms. The summed E-state index contributed by atoms with van der Waals surface area (Å²) < 4.78 is 1.06. The van der Waals surface area contributed by atoms with Crippen molar-refractivity contribution in [2.75, 3.05) is 11.1 Å². The Bertz CT molecular complexity index is 575. The van der Waals surface area contributed by atoms with E-state index >= 15 is 0 Å². The number of carbonyl (C=O) groups is 1. The molecule has 20 heavy (non-hydrogen) atoms. The summed E-state index contributed by atoms with van der Waals surface area (Å²) >= 11 is 5.00. The van der Waals surface area contributed by atoms with Crippen molar-refractivity contribution in [3.05, 3.63) is 45.7 Å². The van der Waals surface area contributed by atoms with Crippen LogP contribution in [-0.4, -0.2) is 21.9 Å². The number of amides is 1. The molecule has 106 valence electrons. The molecular formula is C14H16BrN3OS. The lowest BCUT2D eigenvalue weighted by atomic mass is 10.2. The molecule has 0 fully saturated rings. The minimum absolute atomic E-state index is 0.000267. The van der Waals surface area contributed by atoms with E-state index in [1.165, 1.54) is 5.56 Å². The van der Waals surface area contributed by atoms with Crippen molar-refractivity contribution >= 4 is 39.3 Å². The van der Waals surface area contributed by atoms with Crippen LogP contribution in [0.3, 0.4) is 0 Å². The first-order chi connectivity index (χ1) is 9.56. The van der Waals surface area contributed by atoms with Crippen LogP contribution in [0.25, 0.3) is 0 Å². The van der Waals surface area contributed by atoms with E-state index in [4.69, 9.17) is 0 Å². The van der Waals surface area contributed by atoms with Crippen LogP contribution < -0.4 is 5.32 Å². The first-order valence-corrected chi connectivity index (χ1v) is 8.14. The fourth-order valence-electron chi connectivity index (χ4n) is 1.75. The van der Waals surface area contributed by atoms with Gasteiger partial charge in [-0.1, -0.05) is 28.1 Å². The van der Waals surface area contributed by atoms with Gasteiger partial charge in [0, 0.05) is 10.2 Å². The SMILES string of the molecule is Cc1n[nH]c(C)c1NC(=O)CSCc1ccc(Br)cc1. The number of aromatic nitrogens is 2. The van der Waals surface area contributed by atoms with Crippen LogP contribution in [-0.2, 0) is 10.5 Å². The molecule has 1 aromatic carbocycles. The third kappa shape index (κ3) is 4.11. The van der Waals surface area contributed by atoms with E-state index in [-0.39, 0.29) is 5.91 Å². The fraction of sp³-hybridized carbons (Fsp3) is 0.286. The molecule has 0 unspecified atom stereocenters. The second kappa shape index (κ2) is 6.95. The summed E-state index contributed by atoms with van der Waals surface area (Å²) in [5, 5.41) is 9.80. The summed E-state index contributed by atoms with van der Waals surface area (Å²) in [5.74, 6) is 1.25. The molecule has 0 atom stereocenters. The summed E-state index contributed by atoms with van der Waals surface area (Å²) in [4.78, 5) is 11.9. The Balaban J connectivity index is 1.80. The number of thioether (sulfide) groups is 1. The number of aryl methyl sites for hydroxylation is 2. The van der Waals surface area contributed by atoms with Gasteiger partial charge in [-0.3, -0.25) is 9.89 Å². The quantitative estimate of drug-likeness (QED) is 0.862. The molecule has 0 saturated heterocycles. The molecule has 2 N–H and O–H groups in total. The zero-order valence-electron chi connectivity index (χ0n) is 11.4. The van der Waals surface area contributed by atoms with Gasteiger partial charge in [-0.05, 0) is 31.5 Å². The summed E-state index contributed by atoms with van der Waals surface area (Å²) in [5.41, 5.74) is 3.70. The van der Waals surface area contributed by atoms with E-state index in [0.29, 0.717) is 5.75 Å². The molecule has 0 saturated carbocycles. The largest absolute Gasteiger partial charge is 0.322 e. The van der Waals surface area contributed by atoms with Gasteiger partial charge in [0.25, 0.3) is 0 Å². The van der Waals surface area contributed by atoms with Crippen molar-refractivity contribution < 1.29 is 4.79 Å². The van der Waals surface area contributed by atoms with Gasteiger partial charge in [0.15, 0.2) is 0 Å². The molecule has 1 heterocycles. The number of H-pyrrole nitrogens is 1. The molecule has 2 rings (SSSR count). The third-order valence-electron chi connectivity index (χ3n) is 2.81. The van der Waals surface area contributed by atoms with Gasteiger partial charge in [0.1, 0.15) is 0 Å². The van der Waals surface area contributed by atoms with Gasteiger partial charge in [-0.2, -0.15) is 5.10 Å². The number of carbonyl (C=O) groups excluding carboxylic acids is 1. The van der Waals surface area contributed by atoms with Crippen molar-refractivity contribution in [1.29, 1.82) is 0 Å². The lowest BCUT2D eigenvalue weighted by Crippen LogP contribution is -2.15. The average molecular weight is 354 g/mol. The van der Waals surface area contributed by atoms with E-state index in [9.17, 15) is 4.79 Å². The molecule has 0 aliphatic heterocycles. The number of nitrogens with one attached hydrogen (secondary N) is 2. The maximum Gasteiger partial charge on any atom is 0.234 e. The van der Waals surface area contributed by atoms with Crippen LogP contribution in [0.4, 0.5) is 5.69 Å². The van der Waals surface area contributed by atoms with Crippen LogP contribution in [0, 0.1) is 13.8 Å². The molecule has 1 aromatic heterocycles. The van der Waals surface area contributed by atoms with Crippen molar-refractivity contribution in [1.82, 2.24) is 10.2 Å². The van der Waals surface area contributed by atoms with Crippen molar-refractivity contribution in [3.63, 3.8) is 0 Å². The number of hydrogen-bond donors (Lipinski definition) is 2. The molecule has 0 spiro atoms. The lowest BCUT2D eigenvalue weighted by Gasteiger charge is -2.05. The number of aromatic amines is 1. The molecule has 2 aromatic rings. The third-order valence-corrected chi connectivity index (χ3v) is 4.34. The Kier molecular flexibility index (Phi) is 5.25. The highest BCUT2D eigenvalue weighted by Crippen LogP contribution is 2.18. The van der Waals surface area contributed by atoms with Gasteiger partial charge in [-0.25, -0.2) is 0 Å². The topological polar surface area (TPSA) is 57.8 Å². The average Bonchev–Trinajstić information content (AvgIpc) is 2.73. The smallest absolute Gasteiger partial charge is 0.234 e. The van der Waals surface area contributed by atoms with E-state index in [1.54, 1.807) is 11.8 Å². The Morgan fingerprint density at radius 1 is 1.35 bits per heavy atom. The van der Waals surface area contributed by atoms with Crippen molar-refractivity contribution in [3.8, 4) is 0 Å². The normalized spacial score (nSPS) is 10.6. The minimum atomic E-state index is -0.000267. The summed E-state index contributed by atoms with van der Waals surface area (Å²) in [6.07, 6.45) is 0. The highest BCUT2D eigenvalue weighted by molar-refractivity contribution is 9.10. The fourth-order valence-corrected chi connectivity index (χ4v) is 2.80. The number of hydrogen-bond acceptors (Lipinski definition) is 3. The Morgan fingerprint density at radius 2 is 2.05 bits per heavy atom. The minimum Gasteiger partial charge on any atom is -0.322 e. The van der Waals surface area contributed by atoms with Gasteiger partial charge in [0.2, 0.25) is 5.91 Å². The number of anilines is 1. The van der Waals surface area contributed by atoms with Gasteiger partial charge < -0.3 is 5.32 Å². The Labute approximate surface area is 130 Å². The van der Waals surface area contributed by atoms with E-state index in [2.05, 4.69) is 43.6 Å². The second-order valence-electron chi connectivity index (χ2n) is 4.48. The number of nitrogens with zero attached hydrogens (tertiary/aromatic N) is 1. The van der Waals surface area contributed by atoms with E-state index < -0.39 is 0 Å². The monoisotopic (exact) mass is 353 g/mol. The van der Waals surface area contributed by atoms with E-state index in [1.807, 2.05) is 26.0 Å². The predicted octanol–water partition coefficient (Wildman–Crippen LogP) is 3.66.